The molecule has 0 saturated heterocycles. The second kappa shape index (κ2) is 3.01. The normalized spacial score (nSPS) is 10.2. The Bertz CT molecular complexity index is 433. The molecule has 1 aromatic carbocycles. The molecule has 2 nitrogen and oxygen atoms in total. The number of aromatic amines is 1. The number of aromatic nitrogens is 1. The fourth-order valence-electron chi connectivity index (χ4n) is 1.33. The van der Waals surface area contributed by atoms with Gasteiger partial charge in [0.05, 0.1) is 0 Å². The molecule has 0 atom stereocenters. The van der Waals surface area contributed by atoms with Crippen LogP contribution in [0.5, 0.6) is 0 Å². The van der Waals surface area contributed by atoms with Gasteiger partial charge in [-0.25, -0.2) is 0 Å². The summed E-state index contributed by atoms with van der Waals surface area (Å²) >= 11 is 0.771. The van der Waals surface area contributed by atoms with Crippen molar-refractivity contribution in [3.8, 4) is 0 Å². The summed E-state index contributed by atoms with van der Waals surface area (Å²) in [5.74, 6) is 0. The van der Waals surface area contributed by atoms with E-state index in [9.17, 15) is 4.79 Å². The maximum atomic E-state index is 10.6. The zero-order chi connectivity index (χ0) is 8.55. The Morgan fingerprint density at radius 1 is 1.42 bits per heavy atom. The van der Waals surface area contributed by atoms with Gasteiger partial charge in [0.1, 0.15) is 0 Å². The number of carbonyl (C=O) groups is 1. The first-order valence-electron chi connectivity index (χ1n) is 3.63. The van der Waals surface area contributed by atoms with Crippen LogP contribution in [0.3, 0.4) is 0 Å². The first kappa shape index (κ1) is 7.97. The van der Waals surface area contributed by atoms with Crippen molar-refractivity contribution >= 4 is 46.1 Å². The van der Waals surface area contributed by atoms with E-state index in [1.165, 1.54) is 3.12 Å². The van der Waals surface area contributed by atoms with E-state index in [-0.39, 0.29) is 0 Å². The predicted octanol–water partition coefficient (Wildman–Crippen LogP) is 0.774. The molecule has 0 amide bonds. The van der Waals surface area contributed by atoms with Gasteiger partial charge in [0, 0.05) is 0 Å². The van der Waals surface area contributed by atoms with Crippen molar-refractivity contribution < 1.29 is 4.79 Å². The number of carbonyl (C=O) groups excluding carboxylic acids is 1. The fourth-order valence-corrected chi connectivity index (χ4v) is 3.02. The molecule has 0 fully saturated rings. The van der Waals surface area contributed by atoms with Crippen LogP contribution in [0.15, 0.2) is 24.4 Å². The van der Waals surface area contributed by atoms with Gasteiger partial charge < -0.3 is 0 Å². The van der Waals surface area contributed by atoms with Crippen molar-refractivity contribution in [2.45, 2.75) is 0 Å². The minimum absolute atomic E-state index is 0.771. The molecule has 2 rings (SSSR count). The molecule has 3 heteroatoms. The standard InChI is InChI=1S/C9H6NO.Tl/c11-6-7-5-10-9-4-2-1-3-8(7)9;/h1-2,4-6,10H;. The third kappa shape index (κ3) is 1.10. The second-order valence-electron chi connectivity index (χ2n) is 2.63. The average Bonchev–Trinajstić information content (AvgIpc) is 2.49. The molecule has 0 radical (unpaired) electrons. The van der Waals surface area contributed by atoms with Gasteiger partial charge in [-0.3, -0.25) is 0 Å². The number of rotatable bonds is 1. The maximum absolute atomic E-state index is 10.6. The van der Waals surface area contributed by atoms with E-state index in [0.717, 1.165) is 48.5 Å². The Labute approximate surface area is 85.7 Å². The van der Waals surface area contributed by atoms with Gasteiger partial charge in [0.15, 0.2) is 0 Å². The van der Waals surface area contributed by atoms with E-state index in [2.05, 4.69) is 11.1 Å². The van der Waals surface area contributed by atoms with Gasteiger partial charge in [0.25, 0.3) is 0 Å². The van der Waals surface area contributed by atoms with Crippen molar-refractivity contribution in [3.63, 3.8) is 0 Å². The van der Waals surface area contributed by atoms with E-state index in [1.54, 1.807) is 6.20 Å². The average molecular weight is 349 g/mol. The molecule has 56 valence electrons. The van der Waals surface area contributed by atoms with Crippen LogP contribution in [-0.4, -0.2) is 37.0 Å². The summed E-state index contributed by atoms with van der Waals surface area (Å²) in [6, 6.07) is 6.09. The Hall–Kier alpha value is -0.648. The number of fused-ring (bicyclic) bond motifs is 1. The van der Waals surface area contributed by atoms with E-state index >= 15 is 0 Å². The fraction of sp³-hybridized carbons (Fsp3) is 0. The topological polar surface area (TPSA) is 32.9 Å². The molecule has 0 unspecified atom stereocenters. The molecule has 2 aromatic rings. The minimum atomic E-state index is 0.771. The Balaban J connectivity index is 2.91. The van der Waals surface area contributed by atoms with E-state index < -0.39 is 0 Å². The van der Waals surface area contributed by atoms with Crippen LogP contribution in [0.2, 0.25) is 0 Å². The van der Waals surface area contributed by atoms with E-state index in [1.807, 2.05) is 12.1 Å². The molecule has 0 aliphatic heterocycles. The summed E-state index contributed by atoms with van der Waals surface area (Å²) in [7, 11) is 0. The molecule has 0 bridgehead atoms. The summed E-state index contributed by atoms with van der Waals surface area (Å²) in [5.41, 5.74) is 1.85. The SMILES string of the molecule is O=Cc1c[nH]c2ccc[c]([Tl])c12. The first-order valence-corrected chi connectivity index (χ1v) is 5.88. The summed E-state index contributed by atoms with van der Waals surface area (Å²) < 4.78 is 1.30. The van der Waals surface area contributed by atoms with Crippen molar-refractivity contribution in [1.82, 2.24) is 4.98 Å². The van der Waals surface area contributed by atoms with Gasteiger partial charge in [-0.05, 0) is 0 Å². The molecular weight excluding hydrogens is 342 g/mol. The van der Waals surface area contributed by atoms with Crippen molar-refractivity contribution in [3.05, 3.63) is 30.0 Å². The summed E-state index contributed by atoms with van der Waals surface area (Å²) in [5, 5.41) is 1.11. The number of hydrogen-bond donors (Lipinski definition) is 1. The second-order valence-corrected chi connectivity index (χ2v) is 5.05. The summed E-state index contributed by atoms with van der Waals surface area (Å²) in [4.78, 5) is 13.7. The molecular formula is C9H6NOTl. The van der Waals surface area contributed by atoms with Gasteiger partial charge in [-0.15, -0.1) is 0 Å². The molecule has 0 spiro atoms. The quantitative estimate of drug-likeness (QED) is 0.599. The van der Waals surface area contributed by atoms with Crippen LogP contribution in [0.1, 0.15) is 10.4 Å². The first-order chi connectivity index (χ1) is 5.83. The number of aldehydes is 1. The van der Waals surface area contributed by atoms with Crippen LogP contribution in [0, 0.1) is 0 Å². The van der Waals surface area contributed by atoms with Crippen LogP contribution in [-0.2, 0) is 0 Å². The Morgan fingerprint density at radius 2 is 2.25 bits per heavy atom. The van der Waals surface area contributed by atoms with Gasteiger partial charge in [-0.2, -0.15) is 0 Å². The van der Waals surface area contributed by atoms with Crippen molar-refractivity contribution in [1.29, 1.82) is 0 Å². The van der Waals surface area contributed by atoms with Crippen LogP contribution in [0.4, 0.5) is 0 Å². The molecule has 1 heterocycles. The van der Waals surface area contributed by atoms with Gasteiger partial charge in [0.2, 0.25) is 0 Å². The zero-order valence-corrected chi connectivity index (χ0v) is 10.9. The molecule has 1 aromatic heterocycles. The summed E-state index contributed by atoms with van der Waals surface area (Å²) in [6.45, 7) is 0. The van der Waals surface area contributed by atoms with Crippen LogP contribution >= 0.6 is 0 Å². The Kier molecular flexibility index (Phi) is 2.00. The molecule has 0 aliphatic carbocycles. The third-order valence-electron chi connectivity index (χ3n) is 1.90. The summed E-state index contributed by atoms with van der Waals surface area (Å²) in [6.07, 6.45) is 2.67. The van der Waals surface area contributed by atoms with Crippen LogP contribution < -0.4 is 3.12 Å². The number of hydrogen-bond acceptors (Lipinski definition) is 1. The van der Waals surface area contributed by atoms with Gasteiger partial charge in [-0.1, -0.05) is 0 Å². The predicted molar refractivity (Wildman–Crippen MR) is 49.1 cm³/mol. The van der Waals surface area contributed by atoms with E-state index in [0.29, 0.717) is 0 Å². The Morgan fingerprint density at radius 3 is 3.00 bits per heavy atom. The third-order valence-corrected chi connectivity index (χ3v) is 3.77. The van der Waals surface area contributed by atoms with E-state index in [4.69, 9.17) is 0 Å². The molecule has 1 N–H and O–H groups in total. The molecule has 12 heavy (non-hydrogen) atoms. The van der Waals surface area contributed by atoms with Crippen molar-refractivity contribution in [2.75, 3.05) is 0 Å². The van der Waals surface area contributed by atoms with Crippen molar-refractivity contribution in [2.24, 2.45) is 0 Å². The number of benzene rings is 1. The monoisotopic (exact) mass is 349 g/mol. The molecule has 0 aliphatic rings. The molecule has 0 saturated carbocycles. The number of nitrogens with one attached hydrogen (secondary N) is 1. The van der Waals surface area contributed by atoms with Crippen LogP contribution in [0.25, 0.3) is 10.9 Å². The number of H-pyrrole nitrogens is 1. The zero-order valence-electron chi connectivity index (χ0n) is 6.37. The van der Waals surface area contributed by atoms with Gasteiger partial charge >= 0.3 is 85.8 Å².